The second-order valence-electron chi connectivity index (χ2n) is 4.53. The number of carbonyl (C=O) groups is 1. The number of nitrogens with two attached hydrogens (primary N) is 1. The molecule has 112 valence electrons. The SMILES string of the molecule is CC(CC(CN)C(=O)O)c1cccc(OC(F)(F)F)c1. The van der Waals surface area contributed by atoms with Gasteiger partial charge in [-0.2, -0.15) is 0 Å². The lowest BCUT2D eigenvalue weighted by molar-refractivity contribution is -0.274. The van der Waals surface area contributed by atoms with E-state index in [9.17, 15) is 18.0 Å². The van der Waals surface area contributed by atoms with Crippen LogP contribution in [-0.4, -0.2) is 24.0 Å². The van der Waals surface area contributed by atoms with E-state index in [1.807, 2.05) is 0 Å². The molecule has 0 aliphatic rings. The van der Waals surface area contributed by atoms with Gasteiger partial charge in [-0.3, -0.25) is 4.79 Å². The standard InChI is InChI=1S/C13H16F3NO3/c1-8(5-10(7-17)12(18)19)9-3-2-4-11(6-9)20-13(14,15)16/h2-4,6,8,10H,5,7,17H2,1H3,(H,18,19). The number of ether oxygens (including phenoxy) is 1. The normalized spacial score (nSPS) is 14.7. The summed E-state index contributed by atoms with van der Waals surface area (Å²) in [4.78, 5) is 10.9. The van der Waals surface area contributed by atoms with Gasteiger partial charge in [0.2, 0.25) is 0 Å². The smallest absolute Gasteiger partial charge is 0.481 e. The maximum Gasteiger partial charge on any atom is 0.573 e. The van der Waals surface area contributed by atoms with Gasteiger partial charge in [0, 0.05) is 6.54 Å². The summed E-state index contributed by atoms with van der Waals surface area (Å²) in [6.07, 6.45) is -4.50. The van der Waals surface area contributed by atoms with Crippen LogP contribution in [-0.2, 0) is 4.79 Å². The Kier molecular flexibility index (Phi) is 5.38. The first-order valence-corrected chi connectivity index (χ1v) is 6.01. The van der Waals surface area contributed by atoms with Gasteiger partial charge in [0.15, 0.2) is 0 Å². The van der Waals surface area contributed by atoms with E-state index in [0.29, 0.717) is 5.56 Å². The van der Waals surface area contributed by atoms with E-state index in [2.05, 4.69) is 4.74 Å². The number of aliphatic carboxylic acids is 1. The van der Waals surface area contributed by atoms with Crippen LogP contribution < -0.4 is 10.5 Å². The van der Waals surface area contributed by atoms with E-state index < -0.39 is 18.2 Å². The van der Waals surface area contributed by atoms with Crippen LogP contribution in [0.4, 0.5) is 13.2 Å². The van der Waals surface area contributed by atoms with Crippen molar-refractivity contribution in [3.05, 3.63) is 29.8 Å². The molecule has 0 saturated carbocycles. The zero-order valence-corrected chi connectivity index (χ0v) is 10.9. The molecule has 7 heteroatoms. The van der Waals surface area contributed by atoms with E-state index >= 15 is 0 Å². The summed E-state index contributed by atoms with van der Waals surface area (Å²) in [5, 5.41) is 8.92. The van der Waals surface area contributed by atoms with Crippen LogP contribution >= 0.6 is 0 Å². The predicted molar refractivity (Wildman–Crippen MR) is 66.3 cm³/mol. The molecule has 0 spiro atoms. The molecular formula is C13H16F3NO3. The molecule has 1 aromatic carbocycles. The van der Waals surface area contributed by atoms with E-state index in [0.717, 1.165) is 0 Å². The fraction of sp³-hybridized carbons (Fsp3) is 0.462. The lowest BCUT2D eigenvalue weighted by atomic mass is 9.90. The van der Waals surface area contributed by atoms with Crippen molar-refractivity contribution in [2.75, 3.05) is 6.54 Å². The monoisotopic (exact) mass is 291 g/mol. The minimum Gasteiger partial charge on any atom is -0.481 e. The van der Waals surface area contributed by atoms with Crippen LogP contribution in [0, 0.1) is 5.92 Å². The Morgan fingerprint density at radius 1 is 1.45 bits per heavy atom. The summed E-state index contributed by atoms with van der Waals surface area (Å²) in [6, 6.07) is 5.52. The number of rotatable bonds is 6. The van der Waals surface area contributed by atoms with Crippen LogP contribution in [0.5, 0.6) is 5.75 Å². The predicted octanol–water partition coefficient (Wildman–Crippen LogP) is 2.74. The highest BCUT2D eigenvalue weighted by Crippen LogP contribution is 2.29. The van der Waals surface area contributed by atoms with Crippen molar-refractivity contribution in [2.24, 2.45) is 11.7 Å². The Labute approximate surface area is 114 Å². The van der Waals surface area contributed by atoms with Gasteiger partial charge in [-0.15, -0.1) is 13.2 Å². The molecule has 0 heterocycles. The third-order valence-corrected chi connectivity index (χ3v) is 2.93. The summed E-state index contributed by atoms with van der Waals surface area (Å²) < 4.78 is 40.2. The van der Waals surface area contributed by atoms with Crippen molar-refractivity contribution >= 4 is 5.97 Å². The third-order valence-electron chi connectivity index (χ3n) is 2.93. The molecule has 0 aliphatic heterocycles. The van der Waals surface area contributed by atoms with Crippen molar-refractivity contribution in [1.29, 1.82) is 0 Å². The van der Waals surface area contributed by atoms with Gasteiger partial charge in [-0.1, -0.05) is 19.1 Å². The fourth-order valence-electron chi connectivity index (χ4n) is 1.88. The van der Waals surface area contributed by atoms with Gasteiger partial charge >= 0.3 is 12.3 Å². The molecule has 2 unspecified atom stereocenters. The molecule has 0 aliphatic carbocycles. The Morgan fingerprint density at radius 3 is 2.60 bits per heavy atom. The van der Waals surface area contributed by atoms with E-state index in [1.165, 1.54) is 18.2 Å². The highest BCUT2D eigenvalue weighted by molar-refractivity contribution is 5.70. The summed E-state index contributed by atoms with van der Waals surface area (Å²) in [5.74, 6) is -2.29. The van der Waals surface area contributed by atoms with Crippen molar-refractivity contribution in [2.45, 2.75) is 25.6 Å². The van der Waals surface area contributed by atoms with Gasteiger partial charge in [0.1, 0.15) is 5.75 Å². The molecule has 0 amide bonds. The van der Waals surface area contributed by atoms with Gasteiger partial charge in [0.05, 0.1) is 5.92 Å². The van der Waals surface area contributed by atoms with Crippen LogP contribution in [0.3, 0.4) is 0 Å². The molecule has 0 radical (unpaired) electrons. The van der Waals surface area contributed by atoms with Crippen molar-refractivity contribution in [1.82, 2.24) is 0 Å². The number of halogens is 3. The summed E-state index contributed by atoms with van der Waals surface area (Å²) in [6.45, 7) is 1.72. The van der Waals surface area contributed by atoms with Gasteiger partial charge < -0.3 is 15.6 Å². The highest BCUT2D eigenvalue weighted by atomic mass is 19.4. The molecule has 3 N–H and O–H groups in total. The molecule has 0 saturated heterocycles. The van der Waals surface area contributed by atoms with E-state index in [-0.39, 0.29) is 24.6 Å². The molecule has 1 rings (SSSR count). The minimum atomic E-state index is -4.75. The summed E-state index contributed by atoms with van der Waals surface area (Å²) >= 11 is 0. The first-order valence-electron chi connectivity index (χ1n) is 6.01. The minimum absolute atomic E-state index is 0.0155. The lowest BCUT2D eigenvalue weighted by Gasteiger charge is -2.17. The summed E-state index contributed by atoms with van der Waals surface area (Å²) in [7, 11) is 0. The third kappa shape index (κ3) is 5.08. The van der Waals surface area contributed by atoms with E-state index in [4.69, 9.17) is 10.8 Å². The number of hydrogen-bond donors (Lipinski definition) is 2. The van der Waals surface area contributed by atoms with Crippen molar-refractivity contribution in [3.63, 3.8) is 0 Å². The van der Waals surface area contributed by atoms with Crippen molar-refractivity contribution in [3.8, 4) is 5.75 Å². The molecule has 0 bridgehead atoms. The second kappa shape index (κ2) is 6.60. The molecule has 20 heavy (non-hydrogen) atoms. The van der Waals surface area contributed by atoms with E-state index in [1.54, 1.807) is 13.0 Å². The quantitative estimate of drug-likeness (QED) is 0.845. The first-order chi connectivity index (χ1) is 9.23. The van der Waals surface area contributed by atoms with Crippen molar-refractivity contribution < 1.29 is 27.8 Å². The second-order valence-corrected chi connectivity index (χ2v) is 4.53. The number of carboxylic acids is 1. The zero-order valence-electron chi connectivity index (χ0n) is 10.9. The lowest BCUT2D eigenvalue weighted by Crippen LogP contribution is -2.24. The van der Waals surface area contributed by atoms with Gasteiger partial charge in [-0.05, 0) is 30.0 Å². The Hall–Kier alpha value is -1.76. The first kappa shape index (κ1) is 16.3. The average molecular weight is 291 g/mol. The topological polar surface area (TPSA) is 72.6 Å². The summed E-state index contributed by atoms with van der Waals surface area (Å²) in [5.41, 5.74) is 5.93. The van der Waals surface area contributed by atoms with Gasteiger partial charge in [0.25, 0.3) is 0 Å². The largest absolute Gasteiger partial charge is 0.573 e. The zero-order chi connectivity index (χ0) is 15.3. The average Bonchev–Trinajstić information content (AvgIpc) is 2.33. The Morgan fingerprint density at radius 2 is 2.10 bits per heavy atom. The van der Waals surface area contributed by atoms with Crippen LogP contribution in [0.2, 0.25) is 0 Å². The highest BCUT2D eigenvalue weighted by Gasteiger charge is 2.31. The van der Waals surface area contributed by atoms with Crippen LogP contribution in [0.1, 0.15) is 24.8 Å². The molecule has 4 nitrogen and oxygen atoms in total. The van der Waals surface area contributed by atoms with Crippen LogP contribution in [0.25, 0.3) is 0 Å². The fourth-order valence-corrected chi connectivity index (χ4v) is 1.88. The maximum absolute atomic E-state index is 12.1. The Bertz CT molecular complexity index is 462. The number of hydrogen-bond acceptors (Lipinski definition) is 3. The number of alkyl halides is 3. The van der Waals surface area contributed by atoms with Crippen LogP contribution in [0.15, 0.2) is 24.3 Å². The molecule has 0 fully saturated rings. The molecular weight excluding hydrogens is 275 g/mol. The Balaban J connectivity index is 2.80. The number of benzene rings is 1. The molecule has 2 atom stereocenters. The van der Waals surface area contributed by atoms with Gasteiger partial charge in [-0.25, -0.2) is 0 Å². The molecule has 1 aromatic rings. The maximum atomic E-state index is 12.1. The number of carboxylic acid groups (broad SMARTS) is 1. The molecule has 0 aromatic heterocycles.